The third-order valence-electron chi connectivity index (χ3n) is 5.92. The van der Waals surface area contributed by atoms with Gasteiger partial charge in [0.25, 0.3) is 0 Å². The fraction of sp³-hybridized carbons (Fsp3) is 0.400. The van der Waals surface area contributed by atoms with Crippen LogP contribution in [-0.4, -0.2) is 60.3 Å². The highest BCUT2D eigenvalue weighted by atomic mass is 32.2. The lowest BCUT2D eigenvalue weighted by Gasteiger charge is -2.70. The van der Waals surface area contributed by atoms with Crippen LogP contribution in [0.3, 0.4) is 0 Å². The average Bonchev–Trinajstić information content (AvgIpc) is 2.58. The Morgan fingerprint density at radius 2 is 1.74 bits per heavy atom. The first kappa shape index (κ1) is 18.6. The number of aliphatic hydroxyl groups excluding tert-OH is 1. The number of benzene rings is 2. The van der Waals surface area contributed by atoms with Gasteiger partial charge >= 0.3 is 0 Å². The summed E-state index contributed by atoms with van der Waals surface area (Å²) >= 11 is 0. The minimum atomic E-state index is -3.25. The molecule has 5 nitrogen and oxygen atoms in total. The Kier molecular flexibility index (Phi) is 4.58. The van der Waals surface area contributed by atoms with Crippen LogP contribution >= 0.6 is 0 Å². The quantitative estimate of drug-likeness (QED) is 0.846. The molecule has 0 amide bonds. The minimum Gasteiger partial charge on any atom is -0.395 e. The summed E-state index contributed by atoms with van der Waals surface area (Å²) in [5.41, 5.74) is 1.71. The second kappa shape index (κ2) is 6.67. The summed E-state index contributed by atoms with van der Waals surface area (Å²) in [5.74, 6) is -0.230. The molecule has 0 bridgehead atoms. The molecule has 2 atom stereocenters. The first-order chi connectivity index (χ1) is 12.8. The molecule has 144 valence electrons. The molecule has 7 heteroatoms. The van der Waals surface area contributed by atoms with E-state index in [0.717, 1.165) is 11.1 Å². The lowest BCUT2D eigenvalue weighted by atomic mass is 9.61. The van der Waals surface area contributed by atoms with Gasteiger partial charge in [-0.05, 0) is 23.3 Å². The van der Waals surface area contributed by atoms with E-state index in [2.05, 4.69) is 4.90 Å². The van der Waals surface area contributed by atoms with Crippen LogP contribution in [0.4, 0.5) is 4.39 Å². The number of sulfonamides is 1. The summed E-state index contributed by atoms with van der Waals surface area (Å²) in [6.07, 6.45) is 1.23. The van der Waals surface area contributed by atoms with Crippen LogP contribution in [0.15, 0.2) is 54.6 Å². The SMILES string of the molecule is CS(=O)(=O)N1CC2(C1)[C@H](c1ccccc1)[C@H](CO)N2Cc1ccc(F)cc1. The second-order valence-corrected chi connectivity index (χ2v) is 9.51. The van der Waals surface area contributed by atoms with Crippen molar-refractivity contribution in [1.82, 2.24) is 9.21 Å². The number of nitrogens with zero attached hydrogens (tertiary/aromatic N) is 2. The van der Waals surface area contributed by atoms with Crippen molar-refractivity contribution in [3.8, 4) is 0 Å². The highest BCUT2D eigenvalue weighted by molar-refractivity contribution is 7.88. The molecule has 2 aromatic rings. The van der Waals surface area contributed by atoms with E-state index in [0.29, 0.717) is 19.6 Å². The number of halogens is 1. The molecular formula is C20H23FN2O3S. The smallest absolute Gasteiger partial charge is 0.211 e. The summed E-state index contributed by atoms with van der Waals surface area (Å²) in [5, 5.41) is 10.1. The zero-order chi connectivity index (χ0) is 19.2. The third-order valence-corrected chi connectivity index (χ3v) is 7.11. The standard InChI is InChI=1S/C20H23FN2O3S/c1-27(25,26)22-13-20(14-22)19(16-5-3-2-4-6-16)18(12-24)23(20)11-15-7-9-17(21)10-8-15/h2-10,18-19,24H,11-14H2,1H3/t18-,19+/m0/s1. The molecule has 0 aromatic heterocycles. The van der Waals surface area contributed by atoms with E-state index in [-0.39, 0.29) is 29.9 Å². The highest BCUT2D eigenvalue weighted by Gasteiger charge is 2.66. The first-order valence-electron chi connectivity index (χ1n) is 8.97. The summed E-state index contributed by atoms with van der Waals surface area (Å²) in [6.45, 7) is 1.35. The molecule has 0 saturated carbocycles. The maximum Gasteiger partial charge on any atom is 0.211 e. The number of hydrogen-bond acceptors (Lipinski definition) is 4. The van der Waals surface area contributed by atoms with Gasteiger partial charge in [-0.15, -0.1) is 0 Å². The zero-order valence-electron chi connectivity index (χ0n) is 15.1. The molecule has 0 unspecified atom stereocenters. The Balaban J connectivity index is 1.66. The first-order valence-corrected chi connectivity index (χ1v) is 10.8. The van der Waals surface area contributed by atoms with Crippen LogP contribution in [0.25, 0.3) is 0 Å². The van der Waals surface area contributed by atoms with Gasteiger partial charge in [0.1, 0.15) is 5.82 Å². The minimum absolute atomic E-state index is 0.0125. The monoisotopic (exact) mass is 390 g/mol. The van der Waals surface area contributed by atoms with Gasteiger partial charge in [-0.3, -0.25) is 4.90 Å². The van der Waals surface area contributed by atoms with Gasteiger partial charge in [0.2, 0.25) is 10.0 Å². The molecule has 0 aliphatic carbocycles. The van der Waals surface area contributed by atoms with Crippen molar-refractivity contribution in [2.24, 2.45) is 0 Å². The molecule has 1 N–H and O–H groups in total. The van der Waals surface area contributed by atoms with Gasteiger partial charge in [0, 0.05) is 31.6 Å². The van der Waals surface area contributed by atoms with Gasteiger partial charge in [0.05, 0.1) is 18.4 Å². The van der Waals surface area contributed by atoms with Crippen LogP contribution in [0.5, 0.6) is 0 Å². The van der Waals surface area contributed by atoms with Gasteiger partial charge in [-0.2, -0.15) is 4.31 Å². The maximum absolute atomic E-state index is 13.2. The van der Waals surface area contributed by atoms with Crippen molar-refractivity contribution in [1.29, 1.82) is 0 Å². The van der Waals surface area contributed by atoms with Gasteiger partial charge in [0.15, 0.2) is 0 Å². The molecule has 2 aliphatic rings. The molecule has 2 aromatic carbocycles. The van der Waals surface area contributed by atoms with E-state index in [1.165, 1.54) is 22.7 Å². The van der Waals surface area contributed by atoms with E-state index in [9.17, 15) is 17.9 Å². The number of rotatable bonds is 5. The van der Waals surface area contributed by atoms with Gasteiger partial charge in [-0.25, -0.2) is 12.8 Å². The van der Waals surface area contributed by atoms with E-state index in [1.54, 1.807) is 12.1 Å². The summed E-state index contributed by atoms with van der Waals surface area (Å²) in [4.78, 5) is 2.18. The Labute approximate surface area is 159 Å². The Morgan fingerprint density at radius 1 is 1.11 bits per heavy atom. The van der Waals surface area contributed by atoms with Crippen molar-refractivity contribution < 1.29 is 17.9 Å². The summed E-state index contributed by atoms with van der Waals surface area (Å²) < 4.78 is 38.6. The highest BCUT2D eigenvalue weighted by Crippen LogP contribution is 2.54. The molecular weight excluding hydrogens is 367 g/mol. The van der Waals surface area contributed by atoms with E-state index in [1.807, 2.05) is 30.3 Å². The number of likely N-dealkylation sites (tertiary alicyclic amines) is 1. The van der Waals surface area contributed by atoms with E-state index in [4.69, 9.17) is 0 Å². The van der Waals surface area contributed by atoms with E-state index < -0.39 is 10.0 Å². The summed E-state index contributed by atoms with van der Waals surface area (Å²) in [6, 6.07) is 16.2. The fourth-order valence-electron chi connectivity index (χ4n) is 4.60. The lowest BCUT2D eigenvalue weighted by Crippen LogP contribution is -2.84. The molecule has 0 radical (unpaired) electrons. The molecule has 27 heavy (non-hydrogen) atoms. The molecule has 4 rings (SSSR count). The predicted octanol–water partition coefficient (Wildman–Crippen LogP) is 1.80. The largest absolute Gasteiger partial charge is 0.395 e. The van der Waals surface area contributed by atoms with Crippen molar-refractivity contribution in [3.05, 3.63) is 71.5 Å². The second-order valence-electron chi connectivity index (χ2n) is 7.53. The fourth-order valence-corrected chi connectivity index (χ4v) is 5.52. The maximum atomic E-state index is 13.2. The van der Waals surface area contributed by atoms with Crippen LogP contribution in [0.1, 0.15) is 17.0 Å². The van der Waals surface area contributed by atoms with E-state index >= 15 is 0 Å². The average molecular weight is 390 g/mol. The topological polar surface area (TPSA) is 60.9 Å². The van der Waals surface area contributed by atoms with Gasteiger partial charge in [-0.1, -0.05) is 42.5 Å². The van der Waals surface area contributed by atoms with Crippen molar-refractivity contribution in [3.63, 3.8) is 0 Å². The Bertz CT molecular complexity index is 912. The van der Waals surface area contributed by atoms with Crippen LogP contribution in [-0.2, 0) is 16.6 Å². The molecule has 2 aliphatic heterocycles. The normalized spacial score (nSPS) is 25.1. The van der Waals surface area contributed by atoms with Crippen molar-refractivity contribution >= 4 is 10.0 Å². The van der Waals surface area contributed by atoms with Gasteiger partial charge < -0.3 is 5.11 Å². The van der Waals surface area contributed by atoms with Crippen molar-refractivity contribution in [2.75, 3.05) is 26.0 Å². The Morgan fingerprint density at radius 3 is 2.30 bits per heavy atom. The summed E-state index contributed by atoms with van der Waals surface area (Å²) in [7, 11) is -3.25. The molecule has 2 heterocycles. The lowest BCUT2D eigenvalue weighted by molar-refractivity contribution is -0.175. The molecule has 1 spiro atoms. The Hall–Kier alpha value is -1.80. The van der Waals surface area contributed by atoms with Crippen molar-refractivity contribution in [2.45, 2.75) is 24.0 Å². The predicted molar refractivity (Wildman–Crippen MR) is 101 cm³/mol. The number of aliphatic hydroxyl groups is 1. The third kappa shape index (κ3) is 3.08. The van der Waals surface area contributed by atoms with Crippen LogP contribution < -0.4 is 0 Å². The van der Waals surface area contributed by atoms with Crippen LogP contribution in [0.2, 0.25) is 0 Å². The number of hydrogen-bond donors (Lipinski definition) is 1. The zero-order valence-corrected chi connectivity index (χ0v) is 15.9. The molecule has 2 fully saturated rings. The van der Waals surface area contributed by atoms with Crippen LogP contribution in [0, 0.1) is 5.82 Å². The molecule has 2 saturated heterocycles.